The molecule has 0 aliphatic heterocycles. The Labute approximate surface area is 327 Å². The number of rotatable bonds is 5. The molecule has 13 aromatic rings. The Hall–Kier alpha value is -7.62. The molecule has 264 valence electrons. The van der Waals surface area contributed by atoms with E-state index in [9.17, 15) is 0 Å². The summed E-state index contributed by atoms with van der Waals surface area (Å²) in [5.74, 6) is 0. The normalized spacial score (nSPS) is 12.2. The minimum Gasteiger partial charge on any atom is -0.456 e. The fourth-order valence-electron chi connectivity index (χ4n) is 9.87. The summed E-state index contributed by atoms with van der Waals surface area (Å²) in [5, 5.41) is 15.6. The lowest BCUT2D eigenvalue weighted by atomic mass is 9.86. The second kappa shape index (κ2) is 11.5. The van der Waals surface area contributed by atoms with Crippen molar-refractivity contribution in [3.63, 3.8) is 0 Å². The summed E-state index contributed by atoms with van der Waals surface area (Å²) < 4.78 is 8.66. The Morgan fingerprint density at radius 3 is 1.74 bits per heavy atom. The van der Waals surface area contributed by atoms with Crippen LogP contribution in [0.1, 0.15) is 0 Å². The fourth-order valence-corrected chi connectivity index (χ4v) is 9.87. The molecule has 0 radical (unpaired) electrons. The van der Waals surface area contributed by atoms with Crippen LogP contribution in [0.2, 0.25) is 0 Å². The van der Waals surface area contributed by atoms with E-state index in [2.05, 4.69) is 191 Å². The molecule has 2 aromatic heterocycles. The summed E-state index contributed by atoms with van der Waals surface area (Å²) in [6, 6.07) is 70.6. The zero-order chi connectivity index (χ0) is 37.2. The summed E-state index contributed by atoms with van der Waals surface area (Å²) in [5.41, 5.74) is 11.0. The lowest BCUT2D eigenvalue weighted by Crippen LogP contribution is -2.09. The average molecular weight is 725 g/mol. The van der Waals surface area contributed by atoms with E-state index in [4.69, 9.17) is 4.42 Å². The molecule has 13 rings (SSSR count). The Balaban J connectivity index is 0.962. The van der Waals surface area contributed by atoms with E-state index in [1.54, 1.807) is 0 Å². The Bertz CT molecular complexity index is 3690. The summed E-state index contributed by atoms with van der Waals surface area (Å²) in [6.07, 6.45) is 0. The van der Waals surface area contributed by atoms with Crippen molar-refractivity contribution >= 4 is 104 Å². The average Bonchev–Trinajstić information content (AvgIpc) is 3.83. The summed E-state index contributed by atoms with van der Waals surface area (Å²) in [6.45, 7) is 0. The summed E-state index contributed by atoms with van der Waals surface area (Å²) in [4.78, 5) is 2.32. The smallest absolute Gasteiger partial charge is 0.135 e. The van der Waals surface area contributed by atoms with Crippen LogP contribution in [-0.2, 0) is 0 Å². The molecule has 0 bridgehead atoms. The van der Waals surface area contributed by atoms with Crippen molar-refractivity contribution in [1.82, 2.24) is 4.57 Å². The van der Waals surface area contributed by atoms with Crippen LogP contribution in [0.25, 0.3) is 104 Å². The van der Waals surface area contributed by atoms with Crippen molar-refractivity contribution in [2.75, 3.05) is 4.90 Å². The maximum absolute atomic E-state index is 6.18. The third kappa shape index (κ3) is 4.26. The highest BCUT2D eigenvalue weighted by atomic mass is 16.3. The van der Waals surface area contributed by atoms with Gasteiger partial charge in [-0.25, -0.2) is 0 Å². The molecule has 0 saturated heterocycles. The maximum atomic E-state index is 6.18. The highest BCUT2D eigenvalue weighted by molar-refractivity contribution is 6.44. The van der Waals surface area contributed by atoms with Crippen LogP contribution in [0.4, 0.5) is 17.1 Å². The Kier molecular flexibility index (Phi) is 6.16. The van der Waals surface area contributed by atoms with E-state index < -0.39 is 0 Å². The number of fused-ring (bicyclic) bond motifs is 7. The van der Waals surface area contributed by atoms with E-state index in [0.717, 1.165) is 44.7 Å². The van der Waals surface area contributed by atoms with Gasteiger partial charge in [0.1, 0.15) is 11.2 Å². The zero-order valence-corrected chi connectivity index (χ0v) is 30.8. The molecule has 0 atom stereocenters. The van der Waals surface area contributed by atoms with Gasteiger partial charge >= 0.3 is 0 Å². The van der Waals surface area contributed by atoms with Gasteiger partial charge in [-0.15, -0.1) is 0 Å². The van der Waals surface area contributed by atoms with E-state index in [-0.39, 0.29) is 0 Å². The van der Waals surface area contributed by atoms with Gasteiger partial charge in [-0.3, -0.25) is 0 Å². The number of hydrogen-bond acceptors (Lipinski definition) is 2. The molecule has 0 aliphatic rings. The number of hydrogen-bond donors (Lipinski definition) is 0. The molecular formula is C54H32N2O. The molecule has 11 aromatic carbocycles. The quantitative estimate of drug-likeness (QED) is 0.130. The molecule has 0 fully saturated rings. The van der Waals surface area contributed by atoms with E-state index >= 15 is 0 Å². The topological polar surface area (TPSA) is 21.3 Å². The van der Waals surface area contributed by atoms with Gasteiger partial charge in [-0.1, -0.05) is 121 Å². The fraction of sp³-hybridized carbons (Fsp3) is 0. The van der Waals surface area contributed by atoms with Crippen molar-refractivity contribution in [3.8, 4) is 16.8 Å². The molecule has 57 heavy (non-hydrogen) atoms. The second-order valence-corrected chi connectivity index (χ2v) is 15.2. The van der Waals surface area contributed by atoms with Crippen LogP contribution in [0.3, 0.4) is 0 Å². The first-order valence-corrected chi connectivity index (χ1v) is 19.6. The van der Waals surface area contributed by atoms with Gasteiger partial charge in [0.2, 0.25) is 0 Å². The first-order valence-electron chi connectivity index (χ1n) is 19.6. The summed E-state index contributed by atoms with van der Waals surface area (Å²) >= 11 is 0. The maximum Gasteiger partial charge on any atom is 0.135 e. The first kappa shape index (κ1) is 30.7. The van der Waals surface area contributed by atoms with Crippen LogP contribution in [0, 0.1) is 0 Å². The van der Waals surface area contributed by atoms with Crippen molar-refractivity contribution in [2.24, 2.45) is 0 Å². The Morgan fingerprint density at radius 2 is 0.912 bits per heavy atom. The van der Waals surface area contributed by atoms with Crippen LogP contribution in [-0.4, -0.2) is 4.57 Å². The molecule has 0 saturated carbocycles. The number of furan rings is 1. The van der Waals surface area contributed by atoms with Crippen LogP contribution in [0.15, 0.2) is 199 Å². The Morgan fingerprint density at radius 1 is 0.316 bits per heavy atom. The third-order valence-corrected chi connectivity index (χ3v) is 12.3. The van der Waals surface area contributed by atoms with Crippen LogP contribution < -0.4 is 4.90 Å². The van der Waals surface area contributed by atoms with Gasteiger partial charge in [0.05, 0.1) is 11.0 Å². The molecule has 0 N–H and O–H groups in total. The number of nitrogens with zero attached hydrogens (tertiary/aromatic N) is 2. The molecular weight excluding hydrogens is 693 g/mol. The molecule has 0 amide bonds. The largest absolute Gasteiger partial charge is 0.456 e. The zero-order valence-electron chi connectivity index (χ0n) is 30.8. The number of aromatic nitrogens is 1. The van der Waals surface area contributed by atoms with E-state index in [0.29, 0.717) is 0 Å². The minimum absolute atomic E-state index is 0.892. The predicted octanol–water partition coefficient (Wildman–Crippen LogP) is 15.3. The van der Waals surface area contributed by atoms with Crippen LogP contribution >= 0.6 is 0 Å². The van der Waals surface area contributed by atoms with Crippen molar-refractivity contribution < 1.29 is 4.42 Å². The molecule has 3 heteroatoms. The summed E-state index contributed by atoms with van der Waals surface area (Å²) in [7, 11) is 0. The SMILES string of the molecule is c1ccc(N(c2ccc(-c3cccc(-n4c5cccc6c7cccc8c9ccccc9c9ccc4c(c9c87)c65)c3)cc2)c2ccc3oc4ccccc4c3c2)cc1. The second-order valence-electron chi connectivity index (χ2n) is 15.2. The van der Waals surface area contributed by atoms with Gasteiger partial charge in [0.15, 0.2) is 0 Å². The van der Waals surface area contributed by atoms with E-state index in [1.165, 1.54) is 76.0 Å². The van der Waals surface area contributed by atoms with Crippen molar-refractivity contribution in [1.29, 1.82) is 0 Å². The van der Waals surface area contributed by atoms with Crippen molar-refractivity contribution in [2.45, 2.75) is 0 Å². The van der Waals surface area contributed by atoms with Gasteiger partial charge in [0.25, 0.3) is 0 Å². The highest BCUT2D eigenvalue weighted by Gasteiger charge is 2.24. The van der Waals surface area contributed by atoms with Crippen molar-refractivity contribution in [3.05, 3.63) is 194 Å². The van der Waals surface area contributed by atoms with Gasteiger partial charge < -0.3 is 13.9 Å². The standard InChI is InChI=1S/C54H32N2O/c1-2-12-35(13-3-1)55(38-27-30-50-46(32-38)41-17-6-7-22-49(41)57-50)36-25-23-33(24-26-36)34-11-8-14-37(31-34)56-47-21-10-20-44-43-19-9-18-42-39-15-4-5-16-40(39)45-28-29-48(56)54(52(44)47)53(45)51(42)43/h1-32H. The van der Waals surface area contributed by atoms with Gasteiger partial charge in [-0.2, -0.15) is 0 Å². The molecule has 3 nitrogen and oxygen atoms in total. The van der Waals surface area contributed by atoms with E-state index in [1.807, 2.05) is 12.1 Å². The highest BCUT2D eigenvalue weighted by Crippen LogP contribution is 2.49. The number of benzene rings is 11. The molecule has 0 unspecified atom stereocenters. The minimum atomic E-state index is 0.892. The molecule has 2 heterocycles. The van der Waals surface area contributed by atoms with Gasteiger partial charge in [-0.05, 0) is 122 Å². The lowest BCUT2D eigenvalue weighted by Gasteiger charge is -2.25. The first-order chi connectivity index (χ1) is 28.3. The van der Waals surface area contributed by atoms with Gasteiger partial charge in [0, 0.05) is 49.7 Å². The number of para-hydroxylation sites is 2. The lowest BCUT2D eigenvalue weighted by molar-refractivity contribution is 0.669. The monoisotopic (exact) mass is 724 g/mol. The predicted molar refractivity (Wildman–Crippen MR) is 241 cm³/mol. The molecule has 0 spiro atoms. The number of anilines is 3. The third-order valence-electron chi connectivity index (χ3n) is 12.3. The van der Waals surface area contributed by atoms with Crippen LogP contribution in [0.5, 0.6) is 0 Å². The molecule has 0 aliphatic carbocycles.